The Bertz CT molecular complexity index is 1570. The quantitative estimate of drug-likeness (QED) is 0.462. The first-order valence-corrected chi connectivity index (χ1v) is 10.9. The SMILES string of the molecule is COc1ccc(-c2c3c(nc4c2c(=O)n(C)c(=O)n4C)-c2ccccc2CC3)c(Cl)c1OC. The molecular formula is C25H22ClN3O4. The maximum Gasteiger partial charge on any atom is 0.332 e. The third-order valence-corrected chi connectivity index (χ3v) is 6.74. The van der Waals surface area contributed by atoms with Crippen LogP contribution in [0.3, 0.4) is 0 Å². The summed E-state index contributed by atoms with van der Waals surface area (Å²) in [5, 5.41) is 0.688. The molecule has 0 atom stereocenters. The molecule has 0 radical (unpaired) electrons. The molecule has 2 heterocycles. The zero-order chi connectivity index (χ0) is 23.4. The number of aryl methyl sites for hydroxylation is 2. The van der Waals surface area contributed by atoms with Gasteiger partial charge in [-0.1, -0.05) is 35.9 Å². The fourth-order valence-corrected chi connectivity index (χ4v) is 5.03. The van der Waals surface area contributed by atoms with E-state index in [1.54, 1.807) is 20.2 Å². The molecule has 0 unspecified atom stereocenters. The van der Waals surface area contributed by atoms with E-state index >= 15 is 0 Å². The van der Waals surface area contributed by atoms with Gasteiger partial charge in [0.1, 0.15) is 0 Å². The Balaban J connectivity index is 2.02. The van der Waals surface area contributed by atoms with E-state index in [9.17, 15) is 9.59 Å². The molecule has 2 aromatic heterocycles. The van der Waals surface area contributed by atoms with Gasteiger partial charge < -0.3 is 9.47 Å². The average molecular weight is 464 g/mol. The van der Waals surface area contributed by atoms with Crippen LogP contribution in [0.5, 0.6) is 11.5 Å². The van der Waals surface area contributed by atoms with Crippen molar-refractivity contribution in [3.63, 3.8) is 0 Å². The van der Waals surface area contributed by atoms with Crippen molar-refractivity contribution in [1.29, 1.82) is 0 Å². The average Bonchev–Trinajstić information content (AvgIpc) is 2.84. The number of pyridine rings is 1. The van der Waals surface area contributed by atoms with E-state index in [0.29, 0.717) is 45.1 Å². The largest absolute Gasteiger partial charge is 0.493 e. The standard InChI is InChI=1S/C25H22ClN3O4/c1-28-23-19(24(30)29(2)25(28)31)18(15-11-12-17(32-3)22(33-4)20(15)26)16-10-9-13-7-5-6-8-14(13)21(16)27-23/h5-8,11-12H,9-10H2,1-4H3. The van der Waals surface area contributed by atoms with Crippen LogP contribution in [0.1, 0.15) is 11.1 Å². The fraction of sp³-hybridized carbons (Fsp3) is 0.240. The summed E-state index contributed by atoms with van der Waals surface area (Å²) in [4.78, 5) is 31.0. The van der Waals surface area contributed by atoms with Crippen molar-refractivity contribution in [2.45, 2.75) is 12.8 Å². The van der Waals surface area contributed by atoms with Crippen molar-refractivity contribution in [2.24, 2.45) is 14.1 Å². The van der Waals surface area contributed by atoms with E-state index in [2.05, 4.69) is 6.07 Å². The first-order chi connectivity index (χ1) is 15.9. The van der Waals surface area contributed by atoms with Crippen LogP contribution in [0.2, 0.25) is 5.02 Å². The van der Waals surface area contributed by atoms with Gasteiger partial charge in [-0.3, -0.25) is 13.9 Å². The summed E-state index contributed by atoms with van der Waals surface area (Å²) in [6.07, 6.45) is 1.49. The number of methoxy groups -OCH3 is 2. The van der Waals surface area contributed by atoms with Crippen LogP contribution < -0.4 is 20.7 Å². The number of aromatic nitrogens is 3. The van der Waals surface area contributed by atoms with Crippen molar-refractivity contribution < 1.29 is 9.47 Å². The molecule has 0 saturated carbocycles. The minimum Gasteiger partial charge on any atom is -0.493 e. The van der Waals surface area contributed by atoms with Crippen LogP contribution in [-0.2, 0) is 26.9 Å². The Kier molecular flexibility index (Phi) is 5.01. The first kappa shape index (κ1) is 21.3. The fourth-order valence-electron chi connectivity index (χ4n) is 4.70. The Morgan fingerprint density at radius 2 is 1.70 bits per heavy atom. The second-order valence-corrected chi connectivity index (χ2v) is 8.42. The van der Waals surface area contributed by atoms with Gasteiger partial charge in [-0.05, 0) is 36.1 Å². The summed E-state index contributed by atoms with van der Waals surface area (Å²) < 4.78 is 13.4. The number of benzene rings is 2. The summed E-state index contributed by atoms with van der Waals surface area (Å²) in [5.74, 6) is 0.873. The molecule has 0 amide bonds. The molecule has 5 rings (SSSR count). The monoisotopic (exact) mass is 463 g/mol. The molecule has 1 aliphatic rings. The molecule has 33 heavy (non-hydrogen) atoms. The molecular weight excluding hydrogens is 442 g/mol. The highest BCUT2D eigenvalue weighted by molar-refractivity contribution is 6.35. The van der Waals surface area contributed by atoms with Gasteiger partial charge in [0.2, 0.25) is 0 Å². The zero-order valence-electron chi connectivity index (χ0n) is 18.7. The van der Waals surface area contributed by atoms with Crippen molar-refractivity contribution in [1.82, 2.24) is 14.1 Å². The van der Waals surface area contributed by atoms with Crippen LogP contribution in [0, 0.1) is 0 Å². The molecule has 0 bridgehead atoms. The molecule has 7 nitrogen and oxygen atoms in total. The minimum absolute atomic E-state index is 0.319. The Morgan fingerprint density at radius 1 is 0.939 bits per heavy atom. The highest BCUT2D eigenvalue weighted by Crippen LogP contribution is 2.46. The number of hydrogen-bond acceptors (Lipinski definition) is 5. The summed E-state index contributed by atoms with van der Waals surface area (Å²) in [7, 11) is 6.16. The van der Waals surface area contributed by atoms with E-state index < -0.39 is 11.2 Å². The summed E-state index contributed by atoms with van der Waals surface area (Å²) in [5.41, 5.74) is 4.62. The predicted molar refractivity (Wildman–Crippen MR) is 129 cm³/mol. The van der Waals surface area contributed by atoms with E-state index in [4.69, 9.17) is 26.1 Å². The van der Waals surface area contributed by atoms with Gasteiger partial charge in [-0.2, -0.15) is 0 Å². The minimum atomic E-state index is -0.437. The molecule has 0 aliphatic heterocycles. The van der Waals surface area contributed by atoms with Gasteiger partial charge in [0.25, 0.3) is 5.56 Å². The molecule has 4 aromatic rings. The van der Waals surface area contributed by atoms with Crippen molar-refractivity contribution >= 4 is 22.6 Å². The van der Waals surface area contributed by atoms with Gasteiger partial charge in [-0.15, -0.1) is 0 Å². The molecule has 0 N–H and O–H groups in total. The second-order valence-electron chi connectivity index (χ2n) is 8.04. The number of rotatable bonds is 3. The number of nitrogens with zero attached hydrogens (tertiary/aromatic N) is 3. The lowest BCUT2D eigenvalue weighted by Gasteiger charge is -2.24. The van der Waals surface area contributed by atoms with Crippen LogP contribution in [0.25, 0.3) is 33.4 Å². The molecule has 0 spiro atoms. The molecule has 2 aromatic carbocycles. The van der Waals surface area contributed by atoms with E-state index in [0.717, 1.165) is 27.8 Å². The highest BCUT2D eigenvalue weighted by Gasteiger charge is 2.28. The van der Waals surface area contributed by atoms with Crippen molar-refractivity contribution in [2.75, 3.05) is 14.2 Å². The van der Waals surface area contributed by atoms with Gasteiger partial charge in [-0.25, -0.2) is 9.78 Å². The van der Waals surface area contributed by atoms with E-state index in [1.165, 1.54) is 24.3 Å². The highest BCUT2D eigenvalue weighted by atomic mass is 35.5. The summed E-state index contributed by atoms with van der Waals surface area (Å²) in [6, 6.07) is 11.7. The second kappa shape index (κ2) is 7.78. The van der Waals surface area contributed by atoms with Gasteiger partial charge in [0, 0.05) is 30.8 Å². The van der Waals surface area contributed by atoms with Crippen LogP contribution in [-0.4, -0.2) is 28.3 Å². The van der Waals surface area contributed by atoms with Gasteiger partial charge in [0.15, 0.2) is 17.1 Å². The number of hydrogen-bond donors (Lipinski definition) is 0. The predicted octanol–water partition coefficient (Wildman–Crippen LogP) is 3.74. The zero-order valence-corrected chi connectivity index (χ0v) is 19.5. The van der Waals surface area contributed by atoms with Crippen molar-refractivity contribution in [3.8, 4) is 33.9 Å². The first-order valence-electron chi connectivity index (χ1n) is 10.5. The Hall–Kier alpha value is -3.58. The Morgan fingerprint density at radius 3 is 2.42 bits per heavy atom. The molecule has 168 valence electrons. The molecule has 0 saturated heterocycles. The van der Waals surface area contributed by atoms with E-state index in [-0.39, 0.29) is 0 Å². The smallest absolute Gasteiger partial charge is 0.332 e. The molecule has 0 fully saturated rings. The lowest BCUT2D eigenvalue weighted by Crippen LogP contribution is -2.38. The maximum absolute atomic E-state index is 13.4. The topological polar surface area (TPSA) is 75.4 Å². The molecule has 8 heteroatoms. The normalized spacial score (nSPS) is 12.4. The van der Waals surface area contributed by atoms with Crippen LogP contribution in [0.4, 0.5) is 0 Å². The molecule has 1 aliphatic carbocycles. The third kappa shape index (κ3) is 2.99. The number of fused-ring (bicyclic) bond motifs is 4. The van der Waals surface area contributed by atoms with Crippen molar-refractivity contribution in [3.05, 3.63) is 73.4 Å². The van der Waals surface area contributed by atoms with Crippen LogP contribution >= 0.6 is 11.6 Å². The summed E-state index contributed by atoms with van der Waals surface area (Å²) in [6.45, 7) is 0. The van der Waals surface area contributed by atoms with Gasteiger partial charge >= 0.3 is 5.69 Å². The van der Waals surface area contributed by atoms with Gasteiger partial charge in [0.05, 0.1) is 30.3 Å². The maximum atomic E-state index is 13.4. The Labute approximate surface area is 194 Å². The van der Waals surface area contributed by atoms with E-state index in [1.807, 2.05) is 24.3 Å². The lowest BCUT2D eigenvalue weighted by molar-refractivity contribution is 0.355. The third-order valence-electron chi connectivity index (χ3n) is 6.36. The number of halogens is 1. The lowest BCUT2D eigenvalue weighted by atomic mass is 9.83. The summed E-state index contributed by atoms with van der Waals surface area (Å²) >= 11 is 6.83. The van der Waals surface area contributed by atoms with Crippen LogP contribution in [0.15, 0.2) is 46.0 Å². The number of ether oxygens (including phenoxy) is 2.